The standard InChI is InChI=1S/C11H16ClNO2/c1-9(8-14)13-5-6-15-11-4-2-3-10(12)7-11/h2-4,7,9,13-14H,5-6,8H2,1H3. The minimum absolute atomic E-state index is 0.105. The molecule has 0 amide bonds. The molecule has 0 aliphatic carbocycles. The van der Waals surface area contributed by atoms with Crippen molar-refractivity contribution >= 4 is 11.6 Å². The first-order valence-electron chi connectivity index (χ1n) is 4.95. The van der Waals surface area contributed by atoms with Crippen LogP contribution in [0.5, 0.6) is 5.75 Å². The molecule has 4 heteroatoms. The molecule has 0 aliphatic rings. The summed E-state index contributed by atoms with van der Waals surface area (Å²) in [5.74, 6) is 0.765. The third kappa shape index (κ3) is 5.02. The van der Waals surface area contributed by atoms with Crippen LogP contribution in [0, 0.1) is 0 Å². The number of rotatable bonds is 6. The van der Waals surface area contributed by atoms with Crippen molar-refractivity contribution in [2.45, 2.75) is 13.0 Å². The lowest BCUT2D eigenvalue weighted by atomic mass is 10.3. The number of ether oxygens (including phenoxy) is 1. The van der Waals surface area contributed by atoms with Crippen LogP contribution in [0.2, 0.25) is 5.02 Å². The van der Waals surface area contributed by atoms with E-state index in [-0.39, 0.29) is 12.6 Å². The van der Waals surface area contributed by atoms with Gasteiger partial charge in [-0.15, -0.1) is 0 Å². The molecule has 3 nitrogen and oxygen atoms in total. The summed E-state index contributed by atoms with van der Waals surface area (Å²) in [6.45, 7) is 3.31. The number of halogens is 1. The molecule has 0 saturated heterocycles. The van der Waals surface area contributed by atoms with Crippen LogP contribution < -0.4 is 10.1 Å². The van der Waals surface area contributed by atoms with E-state index in [1.807, 2.05) is 19.1 Å². The molecule has 0 radical (unpaired) electrons. The van der Waals surface area contributed by atoms with Crippen LogP contribution in [-0.4, -0.2) is 30.9 Å². The molecule has 0 bridgehead atoms. The van der Waals surface area contributed by atoms with Gasteiger partial charge in [-0.05, 0) is 25.1 Å². The Morgan fingerprint density at radius 3 is 3.00 bits per heavy atom. The Morgan fingerprint density at radius 1 is 1.53 bits per heavy atom. The Balaban J connectivity index is 2.20. The van der Waals surface area contributed by atoms with E-state index in [1.165, 1.54) is 0 Å². The zero-order valence-corrected chi connectivity index (χ0v) is 9.50. The number of aliphatic hydroxyl groups is 1. The average molecular weight is 230 g/mol. The van der Waals surface area contributed by atoms with Crippen LogP contribution in [0.25, 0.3) is 0 Å². The zero-order valence-electron chi connectivity index (χ0n) is 8.74. The summed E-state index contributed by atoms with van der Waals surface area (Å²) in [7, 11) is 0. The Kier molecular flexibility index (Phi) is 5.47. The number of hydrogen-bond donors (Lipinski definition) is 2. The molecule has 1 rings (SSSR count). The Hall–Kier alpha value is -0.770. The maximum atomic E-state index is 8.77. The number of aliphatic hydroxyl groups excluding tert-OH is 1. The normalized spacial score (nSPS) is 12.5. The van der Waals surface area contributed by atoms with Gasteiger partial charge in [0.05, 0.1) is 6.61 Å². The molecule has 1 aromatic carbocycles. The van der Waals surface area contributed by atoms with Crippen LogP contribution in [0.1, 0.15) is 6.92 Å². The summed E-state index contributed by atoms with van der Waals surface area (Å²) in [4.78, 5) is 0. The smallest absolute Gasteiger partial charge is 0.120 e. The van der Waals surface area contributed by atoms with E-state index in [4.69, 9.17) is 21.4 Å². The fourth-order valence-electron chi connectivity index (χ4n) is 1.10. The molecule has 0 aliphatic heterocycles. The molecule has 0 aromatic heterocycles. The highest BCUT2D eigenvalue weighted by Crippen LogP contribution is 2.16. The lowest BCUT2D eigenvalue weighted by molar-refractivity contribution is 0.239. The molecule has 84 valence electrons. The quantitative estimate of drug-likeness (QED) is 0.730. The van der Waals surface area contributed by atoms with Gasteiger partial charge in [0.25, 0.3) is 0 Å². The van der Waals surface area contributed by atoms with Crippen molar-refractivity contribution in [3.05, 3.63) is 29.3 Å². The Morgan fingerprint density at radius 2 is 2.33 bits per heavy atom. The molecule has 0 heterocycles. The van der Waals surface area contributed by atoms with Gasteiger partial charge in [0.15, 0.2) is 0 Å². The third-order valence-corrected chi connectivity index (χ3v) is 2.17. The van der Waals surface area contributed by atoms with Crippen LogP contribution in [0.4, 0.5) is 0 Å². The predicted octanol–water partition coefficient (Wildman–Crippen LogP) is 1.69. The van der Waals surface area contributed by atoms with Gasteiger partial charge in [-0.3, -0.25) is 0 Å². The fourth-order valence-corrected chi connectivity index (χ4v) is 1.28. The predicted molar refractivity (Wildman–Crippen MR) is 61.5 cm³/mol. The van der Waals surface area contributed by atoms with Crippen LogP contribution in [0.15, 0.2) is 24.3 Å². The largest absolute Gasteiger partial charge is 0.492 e. The average Bonchev–Trinajstić information content (AvgIpc) is 2.24. The molecule has 15 heavy (non-hydrogen) atoms. The van der Waals surface area contributed by atoms with E-state index in [9.17, 15) is 0 Å². The first kappa shape index (κ1) is 12.3. The molecule has 0 spiro atoms. The number of hydrogen-bond acceptors (Lipinski definition) is 3. The van der Waals surface area contributed by atoms with Gasteiger partial charge in [-0.25, -0.2) is 0 Å². The highest BCUT2D eigenvalue weighted by atomic mass is 35.5. The first-order chi connectivity index (χ1) is 7.22. The Bertz CT molecular complexity index is 294. The lowest BCUT2D eigenvalue weighted by Crippen LogP contribution is -2.32. The summed E-state index contributed by atoms with van der Waals surface area (Å²) >= 11 is 5.80. The summed E-state index contributed by atoms with van der Waals surface area (Å²) in [5, 5.41) is 12.5. The van der Waals surface area contributed by atoms with Crippen molar-refractivity contribution in [1.82, 2.24) is 5.32 Å². The highest BCUT2D eigenvalue weighted by molar-refractivity contribution is 6.30. The minimum atomic E-state index is 0.105. The van der Waals surface area contributed by atoms with Gasteiger partial charge in [0.1, 0.15) is 12.4 Å². The summed E-state index contributed by atoms with van der Waals surface area (Å²) in [5.41, 5.74) is 0. The molecule has 0 fully saturated rings. The highest BCUT2D eigenvalue weighted by Gasteiger charge is 1.98. The van der Waals surface area contributed by atoms with E-state index in [0.717, 1.165) is 5.75 Å². The maximum Gasteiger partial charge on any atom is 0.120 e. The van der Waals surface area contributed by atoms with Gasteiger partial charge in [0, 0.05) is 17.6 Å². The molecule has 1 aromatic rings. The van der Waals surface area contributed by atoms with Crippen molar-refractivity contribution in [1.29, 1.82) is 0 Å². The van der Waals surface area contributed by atoms with E-state index in [1.54, 1.807) is 12.1 Å². The second-order valence-electron chi connectivity index (χ2n) is 3.34. The molecule has 2 N–H and O–H groups in total. The molecular weight excluding hydrogens is 214 g/mol. The Labute approximate surface area is 95.0 Å². The van der Waals surface area contributed by atoms with Gasteiger partial charge in [-0.1, -0.05) is 17.7 Å². The molecule has 0 saturated carbocycles. The van der Waals surface area contributed by atoms with Crippen molar-refractivity contribution in [2.24, 2.45) is 0 Å². The second kappa shape index (κ2) is 6.67. The third-order valence-electron chi connectivity index (χ3n) is 1.93. The number of nitrogens with one attached hydrogen (secondary N) is 1. The van der Waals surface area contributed by atoms with Gasteiger partial charge >= 0.3 is 0 Å². The van der Waals surface area contributed by atoms with Gasteiger partial charge in [-0.2, -0.15) is 0 Å². The van der Waals surface area contributed by atoms with E-state index >= 15 is 0 Å². The minimum Gasteiger partial charge on any atom is -0.492 e. The number of benzene rings is 1. The van der Waals surface area contributed by atoms with Gasteiger partial charge in [0.2, 0.25) is 0 Å². The summed E-state index contributed by atoms with van der Waals surface area (Å²) < 4.78 is 5.45. The lowest BCUT2D eigenvalue weighted by Gasteiger charge is -2.11. The zero-order chi connectivity index (χ0) is 11.1. The second-order valence-corrected chi connectivity index (χ2v) is 3.78. The van der Waals surface area contributed by atoms with Crippen molar-refractivity contribution < 1.29 is 9.84 Å². The van der Waals surface area contributed by atoms with Crippen LogP contribution in [-0.2, 0) is 0 Å². The van der Waals surface area contributed by atoms with Crippen LogP contribution in [0.3, 0.4) is 0 Å². The van der Waals surface area contributed by atoms with Gasteiger partial charge < -0.3 is 15.2 Å². The topological polar surface area (TPSA) is 41.5 Å². The molecule has 1 atom stereocenters. The van der Waals surface area contributed by atoms with E-state index < -0.39 is 0 Å². The SMILES string of the molecule is CC(CO)NCCOc1cccc(Cl)c1. The first-order valence-corrected chi connectivity index (χ1v) is 5.33. The summed E-state index contributed by atoms with van der Waals surface area (Å²) in [6, 6.07) is 7.40. The van der Waals surface area contributed by atoms with Crippen LogP contribution >= 0.6 is 11.6 Å². The molecular formula is C11H16ClNO2. The van der Waals surface area contributed by atoms with Crippen molar-refractivity contribution in [3.63, 3.8) is 0 Å². The molecule has 1 unspecified atom stereocenters. The maximum absolute atomic E-state index is 8.77. The summed E-state index contributed by atoms with van der Waals surface area (Å²) in [6.07, 6.45) is 0. The van der Waals surface area contributed by atoms with Crippen molar-refractivity contribution in [3.8, 4) is 5.75 Å². The van der Waals surface area contributed by atoms with Crippen molar-refractivity contribution in [2.75, 3.05) is 19.8 Å². The fraction of sp³-hybridized carbons (Fsp3) is 0.455. The van der Waals surface area contributed by atoms with E-state index in [2.05, 4.69) is 5.32 Å². The van der Waals surface area contributed by atoms with E-state index in [0.29, 0.717) is 18.2 Å². The monoisotopic (exact) mass is 229 g/mol.